The molecule has 0 fully saturated rings. The van der Waals surface area contributed by atoms with Crippen molar-refractivity contribution in [1.29, 1.82) is 0 Å². The van der Waals surface area contributed by atoms with E-state index in [9.17, 15) is 0 Å². The van der Waals surface area contributed by atoms with Crippen molar-refractivity contribution in [2.75, 3.05) is 27.2 Å². The van der Waals surface area contributed by atoms with Gasteiger partial charge in [-0.3, -0.25) is 0 Å². The minimum Gasteiger partial charge on any atom is -0.493 e. The normalized spacial score (nSPS) is 10.6. The van der Waals surface area contributed by atoms with Gasteiger partial charge in [-0.2, -0.15) is 0 Å². The number of aryl methyl sites for hydroxylation is 1. The molecule has 0 aliphatic rings. The van der Waals surface area contributed by atoms with E-state index in [-0.39, 0.29) is 0 Å². The van der Waals surface area contributed by atoms with Gasteiger partial charge in [0.05, 0.1) is 6.61 Å². The summed E-state index contributed by atoms with van der Waals surface area (Å²) in [4.78, 5) is 2.16. The molecule has 77 valence electrons. The molecule has 1 aromatic carbocycles. The van der Waals surface area contributed by atoms with Crippen LogP contribution in [0, 0.1) is 13.0 Å². The highest BCUT2D eigenvalue weighted by Crippen LogP contribution is 2.15. The Morgan fingerprint density at radius 3 is 2.86 bits per heavy atom. The van der Waals surface area contributed by atoms with E-state index in [1.807, 2.05) is 18.2 Å². The van der Waals surface area contributed by atoms with E-state index < -0.39 is 0 Å². The van der Waals surface area contributed by atoms with Crippen molar-refractivity contribution in [2.45, 2.75) is 13.3 Å². The van der Waals surface area contributed by atoms with Crippen LogP contribution < -0.4 is 4.74 Å². The van der Waals surface area contributed by atoms with Gasteiger partial charge in [0.1, 0.15) is 5.75 Å². The summed E-state index contributed by atoms with van der Waals surface area (Å²) in [5, 5.41) is 0. The largest absolute Gasteiger partial charge is 0.493 e. The maximum Gasteiger partial charge on any atom is 0.122 e. The molecule has 0 heterocycles. The van der Waals surface area contributed by atoms with Crippen LogP contribution in [0.3, 0.4) is 0 Å². The average Bonchev–Trinajstić information content (AvgIpc) is 2.15. The van der Waals surface area contributed by atoms with Crippen molar-refractivity contribution in [2.24, 2.45) is 0 Å². The Hall–Kier alpha value is -1.02. The second-order valence-electron chi connectivity index (χ2n) is 3.70. The second kappa shape index (κ2) is 5.66. The zero-order chi connectivity index (χ0) is 10.4. The predicted octanol–water partition coefficient (Wildman–Crippen LogP) is 2.13. The van der Waals surface area contributed by atoms with E-state index in [2.05, 4.69) is 32.0 Å². The first-order valence-corrected chi connectivity index (χ1v) is 4.94. The lowest BCUT2D eigenvalue weighted by Gasteiger charge is -2.11. The Kier molecular flexibility index (Phi) is 4.47. The zero-order valence-electron chi connectivity index (χ0n) is 9.21. The van der Waals surface area contributed by atoms with Gasteiger partial charge in [-0.05, 0) is 45.1 Å². The molecule has 0 N–H and O–H groups in total. The summed E-state index contributed by atoms with van der Waals surface area (Å²) < 4.78 is 5.63. The summed E-state index contributed by atoms with van der Waals surface area (Å²) >= 11 is 0. The molecule has 0 aliphatic carbocycles. The quantitative estimate of drug-likeness (QED) is 0.663. The van der Waals surface area contributed by atoms with Crippen LogP contribution in [0.5, 0.6) is 5.75 Å². The van der Waals surface area contributed by atoms with Gasteiger partial charge in [-0.15, -0.1) is 0 Å². The first kappa shape index (κ1) is 11.1. The van der Waals surface area contributed by atoms with Crippen LogP contribution >= 0.6 is 0 Å². The zero-order valence-corrected chi connectivity index (χ0v) is 9.21. The number of rotatable bonds is 5. The lowest BCUT2D eigenvalue weighted by atomic mass is 10.2. The van der Waals surface area contributed by atoms with Crippen molar-refractivity contribution in [1.82, 2.24) is 4.90 Å². The van der Waals surface area contributed by atoms with Crippen LogP contribution in [0.25, 0.3) is 0 Å². The van der Waals surface area contributed by atoms with Crippen LogP contribution in [0.2, 0.25) is 0 Å². The molecule has 0 aliphatic heterocycles. The number of ether oxygens (including phenoxy) is 1. The minimum absolute atomic E-state index is 0.775. The average molecular weight is 192 g/mol. The van der Waals surface area contributed by atoms with E-state index in [0.29, 0.717) is 0 Å². The van der Waals surface area contributed by atoms with E-state index in [0.717, 1.165) is 25.3 Å². The third-order valence-corrected chi connectivity index (χ3v) is 2.04. The van der Waals surface area contributed by atoms with Gasteiger partial charge in [0, 0.05) is 6.54 Å². The standard InChI is InChI=1S/C12H18NO/c1-11-7-4-5-8-12(11)14-10-6-9-13(2)3/h4,7-8H,6,9-10H2,1-3H3. The molecule has 14 heavy (non-hydrogen) atoms. The van der Waals surface area contributed by atoms with Gasteiger partial charge < -0.3 is 9.64 Å². The molecular formula is C12H18NO. The Morgan fingerprint density at radius 2 is 2.21 bits per heavy atom. The summed E-state index contributed by atoms with van der Waals surface area (Å²) in [5.74, 6) is 0.950. The number of hydrogen-bond acceptors (Lipinski definition) is 2. The highest BCUT2D eigenvalue weighted by Gasteiger charge is 1.97. The first-order valence-electron chi connectivity index (χ1n) is 4.94. The Morgan fingerprint density at radius 1 is 1.43 bits per heavy atom. The summed E-state index contributed by atoms with van der Waals surface area (Å²) in [7, 11) is 4.14. The smallest absolute Gasteiger partial charge is 0.122 e. The van der Waals surface area contributed by atoms with Crippen molar-refractivity contribution < 1.29 is 4.74 Å². The van der Waals surface area contributed by atoms with Crippen molar-refractivity contribution in [3.63, 3.8) is 0 Å². The van der Waals surface area contributed by atoms with E-state index >= 15 is 0 Å². The van der Waals surface area contributed by atoms with Gasteiger partial charge in [-0.1, -0.05) is 12.1 Å². The molecule has 0 aromatic heterocycles. The maximum atomic E-state index is 5.63. The van der Waals surface area contributed by atoms with E-state index in [4.69, 9.17) is 4.74 Å². The summed E-state index contributed by atoms with van der Waals surface area (Å²) in [6.45, 7) is 3.89. The summed E-state index contributed by atoms with van der Waals surface area (Å²) in [5.41, 5.74) is 1.17. The SMILES string of the molecule is Cc1cc[c]cc1OCCCN(C)C. The van der Waals surface area contributed by atoms with Crippen LogP contribution in [0.4, 0.5) is 0 Å². The van der Waals surface area contributed by atoms with Crippen molar-refractivity contribution >= 4 is 0 Å². The minimum atomic E-state index is 0.775. The lowest BCUT2D eigenvalue weighted by Crippen LogP contribution is -2.15. The van der Waals surface area contributed by atoms with Gasteiger partial charge in [-0.25, -0.2) is 0 Å². The first-order chi connectivity index (χ1) is 6.70. The molecule has 0 saturated carbocycles. The molecule has 0 amide bonds. The molecule has 0 atom stereocenters. The monoisotopic (exact) mass is 192 g/mol. The fraction of sp³-hybridized carbons (Fsp3) is 0.500. The van der Waals surface area contributed by atoms with Crippen LogP contribution in [0.1, 0.15) is 12.0 Å². The highest BCUT2D eigenvalue weighted by molar-refractivity contribution is 5.30. The molecule has 2 nitrogen and oxygen atoms in total. The Bertz CT molecular complexity index is 271. The molecular weight excluding hydrogens is 174 g/mol. The lowest BCUT2D eigenvalue weighted by molar-refractivity contribution is 0.280. The summed E-state index contributed by atoms with van der Waals surface area (Å²) in [6.07, 6.45) is 1.06. The predicted molar refractivity (Wildman–Crippen MR) is 58.7 cm³/mol. The Balaban J connectivity index is 2.28. The molecule has 2 heteroatoms. The fourth-order valence-corrected chi connectivity index (χ4v) is 1.21. The molecule has 0 saturated heterocycles. The molecule has 1 radical (unpaired) electrons. The molecule has 1 rings (SSSR count). The Labute approximate surface area is 86.5 Å². The third kappa shape index (κ3) is 3.79. The number of hydrogen-bond donors (Lipinski definition) is 0. The maximum absolute atomic E-state index is 5.63. The van der Waals surface area contributed by atoms with Crippen molar-refractivity contribution in [3.8, 4) is 5.75 Å². The molecule has 0 bridgehead atoms. The number of benzene rings is 1. The van der Waals surface area contributed by atoms with Crippen LogP contribution in [0.15, 0.2) is 18.2 Å². The van der Waals surface area contributed by atoms with Gasteiger partial charge in [0.15, 0.2) is 0 Å². The van der Waals surface area contributed by atoms with E-state index in [1.54, 1.807) is 0 Å². The van der Waals surface area contributed by atoms with Gasteiger partial charge in [0.25, 0.3) is 0 Å². The van der Waals surface area contributed by atoms with E-state index in [1.165, 1.54) is 5.56 Å². The molecule has 0 unspecified atom stereocenters. The number of nitrogens with zero attached hydrogens (tertiary/aromatic N) is 1. The van der Waals surface area contributed by atoms with Crippen LogP contribution in [-0.2, 0) is 0 Å². The fourth-order valence-electron chi connectivity index (χ4n) is 1.21. The summed E-state index contributed by atoms with van der Waals surface area (Å²) in [6, 6.07) is 8.83. The van der Waals surface area contributed by atoms with Crippen LogP contribution in [-0.4, -0.2) is 32.1 Å². The van der Waals surface area contributed by atoms with Crippen molar-refractivity contribution in [3.05, 3.63) is 29.8 Å². The highest BCUT2D eigenvalue weighted by atomic mass is 16.5. The third-order valence-electron chi connectivity index (χ3n) is 2.04. The molecule has 0 spiro atoms. The van der Waals surface area contributed by atoms with Gasteiger partial charge >= 0.3 is 0 Å². The van der Waals surface area contributed by atoms with Gasteiger partial charge in [0.2, 0.25) is 0 Å². The molecule has 1 aromatic rings. The topological polar surface area (TPSA) is 12.5 Å². The second-order valence-corrected chi connectivity index (χ2v) is 3.70.